The number of benzene rings is 1. The molecule has 1 amide bonds. The quantitative estimate of drug-likeness (QED) is 0.835. The molecule has 3 N–H and O–H groups in total. The van der Waals surface area contributed by atoms with Gasteiger partial charge in [-0.05, 0) is 18.9 Å². The van der Waals surface area contributed by atoms with Crippen LogP contribution in [0.5, 0.6) is 0 Å². The van der Waals surface area contributed by atoms with Gasteiger partial charge in [0.15, 0.2) is 0 Å². The Balaban J connectivity index is 2.06. The highest BCUT2D eigenvalue weighted by Crippen LogP contribution is 2.43. The van der Waals surface area contributed by atoms with Crippen molar-refractivity contribution in [1.29, 1.82) is 0 Å². The zero-order valence-corrected chi connectivity index (χ0v) is 12.4. The minimum atomic E-state index is -0.442. The number of hydrogen-bond donors (Lipinski definition) is 2. The van der Waals surface area contributed by atoms with Crippen LogP contribution in [0.4, 0.5) is 0 Å². The second-order valence-corrected chi connectivity index (χ2v) is 5.97. The van der Waals surface area contributed by atoms with Gasteiger partial charge in [-0.25, -0.2) is 0 Å². The number of rotatable bonds is 6. The number of carbonyl (C=O) groups is 1. The molecule has 1 saturated carbocycles. The molecule has 0 radical (unpaired) electrons. The maximum Gasteiger partial charge on any atom is 0.239 e. The van der Waals surface area contributed by atoms with Gasteiger partial charge in [0.2, 0.25) is 5.91 Å². The van der Waals surface area contributed by atoms with Gasteiger partial charge in [0.05, 0.1) is 6.10 Å². The van der Waals surface area contributed by atoms with E-state index < -0.39 is 6.04 Å². The van der Waals surface area contributed by atoms with Gasteiger partial charge in [0.25, 0.3) is 0 Å². The van der Waals surface area contributed by atoms with Gasteiger partial charge in [-0.1, -0.05) is 44.2 Å². The Morgan fingerprint density at radius 1 is 1.45 bits per heavy atom. The van der Waals surface area contributed by atoms with Crippen LogP contribution in [0.25, 0.3) is 0 Å². The molecule has 0 saturated heterocycles. The van der Waals surface area contributed by atoms with Crippen molar-refractivity contribution in [3.8, 4) is 0 Å². The topological polar surface area (TPSA) is 64.3 Å². The zero-order chi connectivity index (χ0) is 14.8. The third-order valence-electron chi connectivity index (χ3n) is 4.33. The minimum Gasteiger partial charge on any atom is -0.378 e. The molecule has 0 heterocycles. The Morgan fingerprint density at radius 3 is 2.60 bits per heavy atom. The van der Waals surface area contributed by atoms with Crippen molar-refractivity contribution >= 4 is 5.91 Å². The summed E-state index contributed by atoms with van der Waals surface area (Å²) in [5.41, 5.74) is 6.47. The molecule has 0 unspecified atom stereocenters. The van der Waals surface area contributed by atoms with E-state index in [9.17, 15) is 4.79 Å². The summed E-state index contributed by atoms with van der Waals surface area (Å²) < 4.78 is 5.71. The van der Waals surface area contributed by atoms with Gasteiger partial charge >= 0.3 is 0 Å². The van der Waals surface area contributed by atoms with Crippen LogP contribution in [0.15, 0.2) is 30.3 Å². The summed E-state index contributed by atoms with van der Waals surface area (Å²) in [7, 11) is 0. The van der Waals surface area contributed by atoms with Crippen molar-refractivity contribution in [1.82, 2.24) is 5.32 Å². The molecule has 0 aromatic heterocycles. The standard InChI is InChI=1S/C16H24N2O2/c1-4-20-13-10-12(16(13,2)3)18-14(15(17)19)11-8-6-5-7-9-11/h5-9,12-14,18H,4,10H2,1-3H3,(H2,17,19)/t12-,13-,14+/m1/s1. The Kier molecular flexibility index (Phi) is 4.45. The lowest BCUT2D eigenvalue weighted by molar-refractivity contribution is -0.129. The van der Waals surface area contributed by atoms with Crippen LogP contribution in [-0.4, -0.2) is 24.7 Å². The maximum absolute atomic E-state index is 11.7. The second-order valence-electron chi connectivity index (χ2n) is 5.97. The van der Waals surface area contributed by atoms with E-state index in [1.54, 1.807) is 0 Å². The number of amides is 1. The number of nitrogens with two attached hydrogens (primary N) is 1. The first kappa shape index (κ1) is 15.0. The monoisotopic (exact) mass is 276 g/mol. The molecular formula is C16H24N2O2. The average Bonchev–Trinajstić information content (AvgIpc) is 2.42. The van der Waals surface area contributed by atoms with E-state index in [0.717, 1.165) is 18.6 Å². The molecule has 0 bridgehead atoms. The predicted octanol–water partition coefficient (Wildman–Crippen LogP) is 2.01. The van der Waals surface area contributed by atoms with E-state index in [-0.39, 0.29) is 23.5 Å². The van der Waals surface area contributed by atoms with Crippen molar-refractivity contribution in [3.05, 3.63) is 35.9 Å². The molecule has 20 heavy (non-hydrogen) atoms. The summed E-state index contributed by atoms with van der Waals surface area (Å²) in [5, 5.41) is 3.39. The van der Waals surface area contributed by atoms with Crippen molar-refractivity contribution in [2.75, 3.05) is 6.61 Å². The van der Waals surface area contributed by atoms with Gasteiger partial charge < -0.3 is 10.5 Å². The summed E-state index contributed by atoms with van der Waals surface area (Å²) in [6.07, 6.45) is 1.16. The van der Waals surface area contributed by atoms with Crippen molar-refractivity contribution in [3.63, 3.8) is 0 Å². The molecule has 1 aromatic carbocycles. The normalized spacial score (nSPS) is 25.8. The molecule has 3 atom stereocenters. The maximum atomic E-state index is 11.7. The average molecular weight is 276 g/mol. The third kappa shape index (κ3) is 2.86. The lowest BCUT2D eigenvalue weighted by Gasteiger charge is -2.52. The zero-order valence-electron chi connectivity index (χ0n) is 12.4. The Bertz CT molecular complexity index is 459. The molecule has 1 aliphatic rings. The molecule has 4 heteroatoms. The highest BCUT2D eigenvalue weighted by molar-refractivity contribution is 5.81. The van der Waals surface area contributed by atoms with E-state index >= 15 is 0 Å². The smallest absolute Gasteiger partial charge is 0.239 e. The molecule has 1 aromatic rings. The van der Waals surface area contributed by atoms with Crippen LogP contribution >= 0.6 is 0 Å². The molecule has 0 aliphatic heterocycles. The summed E-state index contributed by atoms with van der Waals surface area (Å²) in [4.78, 5) is 11.7. The van der Waals surface area contributed by atoms with Crippen LogP contribution < -0.4 is 11.1 Å². The van der Waals surface area contributed by atoms with Crippen LogP contribution in [0.3, 0.4) is 0 Å². The largest absolute Gasteiger partial charge is 0.378 e. The highest BCUT2D eigenvalue weighted by Gasteiger charge is 2.49. The fourth-order valence-corrected chi connectivity index (χ4v) is 2.84. The molecule has 1 aliphatic carbocycles. The number of ether oxygens (including phenoxy) is 1. The van der Waals surface area contributed by atoms with Gasteiger partial charge in [0, 0.05) is 18.1 Å². The first-order valence-corrected chi connectivity index (χ1v) is 7.18. The Labute approximate surface area is 120 Å². The van der Waals surface area contributed by atoms with E-state index in [2.05, 4.69) is 19.2 Å². The van der Waals surface area contributed by atoms with Crippen LogP contribution in [0.1, 0.15) is 38.8 Å². The predicted molar refractivity (Wildman–Crippen MR) is 79.1 cm³/mol. The molecule has 0 spiro atoms. The van der Waals surface area contributed by atoms with Crippen molar-refractivity contribution in [2.45, 2.75) is 45.4 Å². The minimum absolute atomic E-state index is 0.0124. The highest BCUT2D eigenvalue weighted by atomic mass is 16.5. The number of nitrogens with one attached hydrogen (secondary N) is 1. The molecule has 4 nitrogen and oxygen atoms in total. The number of carbonyl (C=O) groups excluding carboxylic acids is 1. The molecule has 1 fully saturated rings. The molecule has 110 valence electrons. The SMILES string of the molecule is CCO[C@@H]1C[C@@H](N[C@H](C(N)=O)c2ccccc2)C1(C)C. The summed E-state index contributed by atoms with van der Waals surface area (Å²) in [6.45, 7) is 7.06. The van der Waals surface area contributed by atoms with Crippen LogP contribution in [0, 0.1) is 5.41 Å². The number of hydrogen-bond acceptors (Lipinski definition) is 3. The van der Waals surface area contributed by atoms with Crippen LogP contribution in [0.2, 0.25) is 0 Å². The van der Waals surface area contributed by atoms with Gasteiger partial charge in [-0.2, -0.15) is 0 Å². The third-order valence-corrected chi connectivity index (χ3v) is 4.33. The van der Waals surface area contributed by atoms with Gasteiger partial charge in [-0.15, -0.1) is 0 Å². The Morgan fingerprint density at radius 2 is 2.10 bits per heavy atom. The van der Waals surface area contributed by atoms with Crippen LogP contribution in [-0.2, 0) is 9.53 Å². The number of primary amides is 1. The lowest BCUT2D eigenvalue weighted by Crippen LogP contribution is -2.62. The molecule has 2 rings (SSSR count). The first-order chi connectivity index (χ1) is 9.46. The summed E-state index contributed by atoms with van der Waals surface area (Å²) in [5.74, 6) is -0.341. The van der Waals surface area contributed by atoms with Gasteiger partial charge in [0.1, 0.15) is 6.04 Å². The first-order valence-electron chi connectivity index (χ1n) is 7.18. The summed E-state index contributed by atoms with van der Waals surface area (Å²) in [6, 6.07) is 9.41. The van der Waals surface area contributed by atoms with Crippen molar-refractivity contribution < 1.29 is 9.53 Å². The van der Waals surface area contributed by atoms with E-state index in [1.807, 2.05) is 37.3 Å². The van der Waals surface area contributed by atoms with E-state index in [0.29, 0.717) is 0 Å². The fourth-order valence-electron chi connectivity index (χ4n) is 2.84. The van der Waals surface area contributed by atoms with E-state index in [4.69, 9.17) is 10.5 Å². The van der Waals surface area contributed by atoms with Crippen molar-refractivity contribution in [2.24, 2.45) is 11.1 Å². The van der Waals surface area contributed by atoms with Gasteiger partial charge in [-0.3, -0.25) is 10.1 Å². The fraction of sp³-hybridized carbons (Fsp3) is 0.562. The lowest BCUT2D eigenvalue weighted by atomic mass is 9.64. The molecular weight excluding hydrogens is 252 g/mol. The Hall–Kier alpha value is -1.39. The second kappa shape index (κ2) is 5.94. The summed E-state index contributed by atoms with van der Waals surface area (Å²) >= 11 is 0. The van der Waals surface area contributed by atoms with E-state index in [1.165, 1.54) is 0 Å².